The Hall–Kier alpha value is -2.10. The molecule has 2 aromatic rings. The molecule has 0 saturated carbocycles. The van der Waals surface area contributed by atoms with Gasteiger partial charge in [0.15, 0.2) is 5.78 Å². The number of hydrogen-bond donors (Lipinski definition) is 0. The minimum absolute atomic E-state index is 0.122. The SMILES string of the molecule is CCOc1cncc(C(=O)c2ccoc2)c1. The number of hydrogen-bond acceptors (Lipinski definition) is 4. The van der Waals surface area contributed by atoms with Gasteiger partial charge in [0, 0.05) is 11.8 Å². The molecule has 16 heavy (non-hydrogen) atoms. The minimum atomic E-state index is -0.122. The quantitative estimate of drug-likeness (QED) is 0.737. The maximum Gasteiger partial charge on any atom is 0.197 e. The van der Waals surface area contributed by atoms with Crippen molar-refractivity contribution < 1.29 is 13.9 Å². The van der Waals surface area contributed by atoms with Gasteiger partial charge in [0.1, 0.15) is 12.0 Å². The van der Waals surface area contributed by atoms with Crippen LogP contribution in [0, 0.1) is 0 Å². The van der Waals surface area contributed by atoms with Crippen LogP contribution in [0.2, 0.25) is 0 Å². The molecule has 0 unspecified atom stereocenters. The number of pyridine rings is 1. The van der Waals surface area contributed by atoms with Gasteiger partial charge in [-0.15, -0.1) is 0 Å². The zero-order chi connectivity index (χ0) is 11.4. The van der Waals surface area contributed by atoms with Crippen LogP contribution < -0.4 is 4.74 Å². The highest BCUT2D eigenvalue weighted by Crippen LogP contribution is 2.15. The maximum atomic E-state index is 11.9. The highest BCUT2D eigenvalue weighted by molar-refractivity contribution is 6.08. The Balaban J connectivity index is 2.27. The molecule has 2 aromatic heterocycles. The normalized spacial score (nSPS) is 10.1. The van der Waals surface area contributed by atoms with Crippen LogP contribution in [0.1, 0.15) is 22.8 Å². The summed E-state index contributed by atoms with van der Waals surface area (Å²) in [5.41, 5.74) is 1.00. The molecule has 82 valence electrons. The molecular weight excluding hydrogens is 206 g/mol. The first-order valence-electron chi connectivity index (χ1n) is 4.96. The summed E-state index contributed by atoms with van der Waals surface area (Å²) >= 11 is 0. The van der Waals surface area contributed by atoms with Crippen molar-refractivity contribution in [1.82, 2.24) is 4.98 Å². The lowest BCUT2D eigenvalue weighted by atomic mass is 10.1. The summed E-state index contributed by atoms with van der Waals surface area (Å²) in [6, 6.07) is 3.29. The largest absolute Gasteiger partial charge is 0.492 e. The molecule has 0 aliphatic rings. The number of furan rings is 1. The van der Waals surface area contributed by atoms with Gasteiger partial charge in [-0.3, -0.25) is 9.78 Å². The average Bonchev–Trinajstić information content (AvgIpc) is 2.82. The number of carbonyl (C=O) groups excluding carboxylic acids is 1. The Morgan fingerprint density at radius 1 is 1.44 bits per heavy atom. The Bertz CT molecular complexity index is 477. The fourth-order valence-corrected chi connectivity index (χ4v) is 1.35. The smallest absolute Gasteiger partial charge is 0.197 e. The van der Waals surface area contributed by atoms with Crippen LogP contribution in [0.4, 0.5) is 0 Å². The lowest BCUT2D eigenvalue weighted by Crippen LogP contribution is -2.01. The van der Waals surface area contributed by atoms with Gasteiger partial charge in [0.05, 0.1) is 24.6 Å². The fourth-order valence-electron chi connectivity index (χ4n) is 1.35. The molecular formula is C12H11NO3. The summed E-state index contributed by atoms with van der Waals surface area (Å²) in [7, 11) is 0. The molecule has 0 radical (unpaired) electrons. The molecule has 2 rings (SSSR count). The van der Waals surface area contributed by atoms with E-state index in [9.17, 15) is 4.79 Å². The second kappa shape index (κ2) is 4.61. The van der Waals surface area contributed by atoms with Gasteiger partial charge in [-0.1, -0.05) is 0 Å². The second-order valence-electron chi connectivity index (χ2n) is 3.18. The van der Waals surface area contributed by atoms with E-state index in [1.165, 1.54) is 18.7 Å². The van der Waals surface area contributed by atoms with Crippen LogP contribution in [-0.4, -0.2) is 17.4 Å². The fraction of sp³-hybridized carbons (Fsp3) is 0.167. The van der Waals surface area contributed by atoms with E-state index in [1.54, 1.807) is 18.3 Å². The number of carbonyl (C=O) groups is 1. The summed E-state index contributed by atoms with van der Waals surface area (Å²) in [6.45, 7) is 2.43. The molecule has 0 saturated heterocycles. The van der Waals surface area contributed by atoms with Crippen LogP contribution >= 0.6 is 0 Å². The lowest BCUT2D eigenvalue weighted by molar-refractivity contribution is 0.103. The zero-order valence-electron chi connectivity index (χ0n) is 8.84. The number of nitrogens with zero attached hydrogens (tertiary/aromatic N) is 1. The Labute approximate surface area is 92.9 Å². The van der Waals surface area contributed by atoms with E-state index in [0.29, 0.717) is 23.5 Å². The molecule has 2 heterocycles. The van der Waals surface area contributed by atoms with E-state index in [2.05, 4.69) is 4.98 Å². The van der Waals surface area contributed by atoms with Crippen LogP contribution in [0.5, 0.6) is 5.75 Å². The average molecular weight is 217 g/mol. The third-order valence-corrected chi connectivity index (χ3v) is 2.07. The van der Waals surface area contributed by atoms with E-state index in [1.807, 2.05) is 6.92 Å². The Morgan fingerprint density at radius 2 is 2.31 bits per heavy atom. The third kappa shape index (κ3) is 2.11. The summed E-state index contributed by atoms with van der Waals surface area (Å²) in [6.07, 6.45) is 5.97. The summed E-state index contributed by atoms with van der Waals surface area (Å²) < 4.78 is 10.1. The molecule has 0 spiro atoms. The van der Waals surface area contributed by atoms with Gasteiger partial charge in [0.25, 0.3) is 0 Å². The minimum Gasteiger partial charge on any atom is -0.492 e. The molecule has 4 heteroatoms. The van der Waals surface area contributed by atoms with E-state index in [4.69, 9.17) is 9.15 Å². The predicted octanol–water partition coefficient (Wildman–Crippen LogP) is 2.30. The molecule has 0 amide bonds. The van der Waals surface area contributed by atoms with Gasteiger partial charge >= 0.3 is 0 Å². The first kappa shape index (κ1) is 10.4. The van der Waals surface area contributed by atoms with Crippen molar-refractivity contribution in [3.63, 3.8) is 0 Å². The van der Waals surface area contributed by atoms with Crippen molar-refractivity contribution in [3.8, 4) is 5.75 Å². The summed E-state index contributed by atoms with van der Waals surface area (Å²) in [5, 5.41) is 0. The highest BCUT2D eigenvalue weighted by Gasteiger charge is 2.11. The van der Waals surface area contributed by atoms with E-state index in [-0.39, 0.29) is 5.78 Å². The maximum absolute atomic E-state index is 11.9. The van der Waals surface area contributed by atoms with Crippen LogP contribution in [-0.2, 0) is 0 Å². The van der Waals surface area contributed by atoms with E-state index < -0.39 is 0 Å². The Kier molecular flexibility index (Phi) is 3.00. The number of rotatable bonds is 4. The Morgan fingerprint density at radius 3 is 3.00 bits per heavy atom. The third-order valence-electron chi connectivity index (χ3n) is 2.07. The van der Waals surface area contributed by atoms with Gasteiger partial charge in [-0.05, 0) is 19.1 Å². The standard InChI is InChI=1S/C12H11NO3/c1-2-16-11-5-10(6-13-7-11)12(14)9-3-4-15-8-9/h3-8H,2H2,1H3. The van der Waals surface area contributed by atoms with Crippen LogP contribution in [0.25, 0.3) is 0 Å². The van der Waals surface area contributed by atoms with Crippen LogP contribution in [0.3, 0.4) is 0 Å². The molecule has 4 nitrogen and oxygen atoms in total. The predicted molar refractivity (Wildman–Crippen MR) is 57.5 cm³/mol. The van der Waals surface area contributed by atoms with Gasteiger partial charge in [-0.25, -0.2) is 0 Å². The second-order valence-corrected chi connectivity index (χ2v) is 3.18. The van der Waals surface area contributed by atoms with Crippen molar-refractivity contribution in [2.75, 3.05) is 6.61 Å². The molecule has 0 aromatic carbocycles. The van der Waals surface area contributed by atoms with E-state index in [0.717, 1.165) is 0 Å². The van der Waals surface area contributed by atoms with Gasteiger partial charge in [-0.2, -0.15) is 0 Å². The lowest BCUT2D eigenvalue weighted by Gasteiger charge is -2.03. The molecule has 0 N–H and O–H groups in total. The van der Waals surface area contributed by atoms with Crippen LogP contribution in [0.15, 0.2) is 41.5 Å². The number of ether oxygens (including phenoxy) is 1. The van der Waals surface area contributed by atoms with Crippen molar-refractivity contribution in [3.05, 3.63) is 48.2 Å². The summed E-state index contributed by atoms with van der Waals surface area (Å²) in [5.74, 6) is 0.472. The van der Waals surface area contributed by atoms with Crippen molar-refractivity contribution in [2.45, 2.75) is 6.92 Å². The van der Waals surface area contributed by atoms with Gasteiger partial charge < -0.3 is 9.15 Å². The monoisotopic (exact) mass is 217 g/mol. The molecule has 0 aliphatic heterocycles. The van der Waals surface area contributed by atoms with E-state index >= 15 is 0 Å². The molecule has 0 bridgehead atoms. The van der Waals surface area contributed by atoms with Gasteiger partial charge in [0.2, 0.25) is 0 Å². The van der Waals surface area contributed by atoms with Crippen molar-refractivity contribution in [2.24, 2.45) is 0 Å². The first-order chi connectivity index (χ1) is 7.81. The zero-order valence-corrected chi connectivity index (χ0v) is 8.84. The van der Waals surface area contributed by atoms with Crippen molar-refractivity contribution >= 4 is 5.78 Å². The highest BCUT2D eigenvalue weighted by atomic mass is 16.5. The molecule has 0 aliphatic carbocycles. The first-order valence-corrected chi connectivity index (χ1v) is 4.96. The molecule has 0 fully saturated rings. The number of ketones is 1. The molecule has 0 atom stereocenters. The van der Waals surface area contributed by atoms with Crippen molar-refractivity contribution in [1.29, 1.82) is 0 Å². The summed E-state index contributed by atoms with van der Waals surface area (Å²) in [4.78, 5) is 15.9. The number of aromatic nitrogens is 1. The topological polar surface area (TPSA) is 52.3 Å².